The van der Waals surface area contributed by atoms with Crippen molar-refractivity contribution in [3.63, 3.8) is 0 Å². The molecule has 0 aliphatic heterocycles. The van der Waals surface area contributed by atoms with Gasteiger partial charge in [0.15, 0.2) is 0 Å². The highest BCUT2D eigenvalue weighted by molar-refractivity contribution is 7.94. The van der Waals surface area contributed by atoms with Crippen molar-refractivity contribution in [3.8, 4) is 0 Å². The maximum absolute atomic E-state index is 12.3. The van der Waals surface area contributed by atoms with E-state index in [4.69, 9.17) is 5.73 Å². The maximum atomic E-state index is 12.3. The van der Waals surface area contributed by atoms with Gasteiger partial charge >= 0.3 is 0 Å². The third-order valence-electron chi connectivity index (χ3n) is 3.02. The second kappa shape index (κ2) is 5.17. The van der Waals surface area contributed by atoms with Crippen LogP contribution >= 0.6 is 0 Å². The predicted molar refractivity (Wildman–Crippen MR) is 81.7 cm³/mol. The number of benzene rings is 2. The van der Waals surface area contributed by atoms with Crippen LogP contribution in [0.25, 0.3) is 4.72 Å². The Balaban J connectivity index is 2.41. The quantitative estimate of drug-likeness (QED) is 0.877. The first kappa shape index (κ1) is 14.4. The van der Waals surface area contributed by atoms with Crippen LogP contribution in [0.5, 0.6) is 0 Å². The summed E-state index contributed by atoms with van der Waals surface area (Å²) in [4.78, 5) is 0.145. The SMILES string of the molecule is Cc1cc(C)c([N-]S(=O)(=O)c2ccc(N)cc2)c(C)c1. The molecule has 5 heteroatoms. The number of hydrogen-bond donors (Lipinski definition) is 1. The van der Waals surface area contributed by atoms with Gasteiger partial charge in [-0.1, -0.05) is 28.8 Å². The summed E-state index contributed by atoms with van der Waals surface area (Å²) < 4.78 is 28.6. The first-order valence-corrected chi connectivity index (χ1v) is 7.65. The van der Waals surface area contributed by atoms with Gasteiger partial charge in [-0.15, -0.1) is 5.69 Å². The van der Waals surface area contributed by atoms with Crippen molar-refractivity contribution in [1.29, 1.82) is 0 Å². The zero-order valence-electron chi connectivity index (χ0n) is 11.7. The number of anilines is 1. The minimum Gasteiger partial charge on any atom is -0.572 e. The average Bonchev–Trinajstić information content (AvgIpc) is 2.34. The third kappa shape index (κ3) is 2.93. The Morgan fingerprint density at radius 1 is 0.950 bits per heavy atom. The second-order valence-corrected chi connectivity index (χ2v) is 6.49. The molecule has 0 fully saturated rings. The van der Waals surface area contributed by atoms with E-state index in [2.05, 4.69) is 4.72 Å². The summed E-state index contributed by atoms with van der Waals surface area (Å²) in [5, 5.41) is 0. The lowest BCUT2D eigenvalue weighted by atomic mass is 10.1. The highest BCUT2D eigenvalue weighted by Gasteiger charge is 2.06. The van der Waals surface area contributed by atoms with E-state index in [1.54, 1.807) is 12.1 Å². The molecule has 0 heterocycles. The summed E-state index contributed by atoms with van der Waals surface area (Å²) in [6.07, 6.45) is 0. The Kier molecular flexibility index (Phi) is 3.72. The number of nitrogens with two attached hydrogens (primary N) is 1. The Morgan fingerprint density at radius 3 is 1.95 bits per heavy atom. The molecule has 0 aliphatic rings. The minimum atomic E-state index is -3.72. The van der Waals surface area contributed by atoms with Gasteiger partial charge in [0.2, 0.25) is 0 Å². The number of hydrogen-bond acceptors (Lipinski definition) is 3. The molecule has 106 valence electrons. The lowest BCUT2D eigenvalue weighted by molar-refractivity contribution is 0.603. The second-order valence-electron chi connectivity index (χ2n) is 4.88. The van der Waals surface area contributed by atoms with Gasteiger partial charge in [-0.05, 0) is 45.0 Å². The van der Waals surface area contributed by atoms with Crippen molar-refractivity contribution in [2.24, 2.45) is 0 Å². The summed E-state index contributed by atoms with van der Waals surface area (Å²) in [7, 11) is -3.72. The van der Waals surface area contributed by atoms with Gasteiger partial charge < -0.3 is 10.5 Å². The lowest BCUT2D eigenvalue weighted by Gasteiger charge is -2.26. The van der Waals surface area contributed by atoms with Gasteiger partial charge in [-0.2, -0.15) is 0 Å². The molecule has 2 aromatic rings. The first-order chi connectivity index (χ1) is 9.29. The number of nitrogens with zero attached hydrogens (tertiary/aromatic N) is 1. The number of nitrogen functional groups attached to an aromatic ring is 1. The summed E-state index contributed by atoms with van der Waals surface area (Å²) in [6.45, 7) is 5.69. The average molecular weight is 289 g/mol. The van der Waals surface area contributed by atoms with Crippen LogP contribution in [0.15, 0.2) is 41.3 Å². The van der Waals surface area contributed by atoms with Gasteiger partial charge in [0.25, 0.3) is 0 Å². The van der Waals surface area contributed by atoms with Gasteiger partial charge in [0.05, 0.1) is 4.90 Å². The zero-order chi connectivity index (χ0) is 14.9. The molecule has 0 bridgehead atoms. The van der Waals surface area contributed by atoms with Crippen LogP contribution in [0, 0.1) is 20.8 Å². The number of sulfonamides is 1. The van der Waals surface area contributed by atoms with Crippen LogP contribution < -0.4 is 5.73 Å². The summed E-state index contributed by atoms with van der Waals surface area (Å²) >= 11 is 0. The molecule has 0 unspecified atom stereocenters. The molecule has 2 N–H and O–H groups in total. The van der Waals surface area contributed by atoms with Gasteiger partial charge in [0.1, 0.15) is 10.0 Å². The molecule has 20 heavy (non-hydrogen) atoms. The predicted octanol–water partition coefficient (Wildman–Crippen LogP) is 3.59. The molecule has 0 saturated carbocycles. The molecular weight excluding hydrogens is 272 g/mol. The number of rotatable bonds is 3. The van der Waals surface area contributed by atoms with Crippen molar-refractivity contribution in [2.45, 2.75) is 25.7 Å². The molecule has 4 nitrogen and oxygen atoms in total. The van der Waals surface area contributed by atoms with E-state index in [1.165, 1.54) is 12.1 Å². The standard InChI is InChI=1S/C15H17N2O2S/c1-10-8-11(2)15(12(3)9-10)17-20(18,19)14-6-4-13(16)5-7-14/h4-9H,16H2,1-3H3/q-1. The van der Waals surface area contributed by atoms with Gasteiger partial charge in [-0.25, -0.2) is 8.42 Å². The Labute approximate surface area is 119 Å². The fourth-order valence-corrected chi connectivity index (χ4v) is 3.24. The topological polar surface area (TPSA) is 74.3 Å². The number of aryl methyl sites for hydroxylation is 3. The van der Waals surface area contributed by atoms with Crippen LogP contribution in [0.4, 0.5) is 11.4 Å². The maximum Gasteiger partial charge on any atom is 0.123 e. The van der Waals surface area contributed by atoms with Crippen molar-refractivity contribution < 1.29 is 8.42 Å². The Bertz CT molecular complexity index is 712. The van der Waals surface area contributed by atoms with E-state index in [9.17, 15) is 8.42 Å². The smallest absolute Gasteiger partial charge is 0.123 e. The normalized spacial score (nSPS) is 11.3. The molecule has 2 rings (SSSR count). The Hall–Kier alpha value is -2.01. The first-order valence-electron chi connectivity index (χ1n) is 6.21. The molecule has 0 amide bonds. The summed E-state index contributed by atoms with van der Waals surface area (Å²) in [5.74, 6) is 0. The Morgan fingerprint density at radius 2 is 1.45 bits per heavy atom. The lowest BCUT2D eigenvalue weighted by Crippen LogP contribution is -2.00. The zero-order valence-corrected chi connectivity index (χ0v) is 12.5. The van der Waals surface area contributed by atoms with Crippen molar-refractivity contribution in [1.82, 2.24) is 0 Å². The molecular formula is C15H17N2O2S-. The van der Waals surface area contributed by atoms with Crippen LogP contribution in [-0.2, 0) is 10.0 Å². The van der Waals surface area contributed by atoms with Crippen LogP contribution in [-0.4, -0.2) is 8.42 Å². The van der Waals surface area contributed by atoms with E-state index < -0.39 is 10.0 Å². The van der Waals surface area contributed by atoms with E-state index in [1.807, 2.05) is 32.9 Å². The largest absolute Gasteiger partial charge is 0.572 e. The van der Waals surface area contributed by atoms with E-state index in [0.717, 1.165) is 16.7 Å². The fourth-order valence-electron chi connectivity index (χ4n) is 2.13. The van der Waals surface area contributed by atoms with Crippen LogP contribution in [0.2, 0.25) is 0 Å². The highest BCUT2D eigenvalue weighted by atomic mass is 32.2. The summed E-state index contributed by atoms with van der Waals surface area (Å²) in [5.41, 5.74) is 9.37. The molecule has 0 saturated heterocycles. The van der Waals surface area contributed by atoms with Crippen LogP contribution in [0.3, 0.4) is 0 Å². The highest BCUT2D eigenvalue weighted by Crippen LogP contribution is 2.34. The van der Waals surface area contributed by atoms with Gasteiger partial charge in [0, 0.05) is 5.69 Å². The molecule has 0 aromatic heterocycles. The molecule has 0 radical (unpaired) electrons. The van der Waals surface area contributed by atoms with Crippen molar-refractivity contribution in [2.75, 3.05) is 5.73 Å². The van der Waals surface area contributed by atoms with Crippen LogP contribution in [0.1, 0.15) is 16.7 Å². The van der Waals surface area contributed by atoms with E-state index in [-0.39, 0.29) is 4.90 Å². The third-order valence-corrected chi connectivity index (χ3v) is 4.32. The minimum absolute atomic E-state index is 0.145. The van der Waals surface area contributed by atoms with Gasteiger partial charge in [-0.3, -0.25) is 0 Å². The molecule has 0 aliphatic carbocycles. The van der Waals surface area contributed by atoms with Crippen molar-refractivity contribution >= 4 is 21.4 Å². The monoisotopic (exact) mass is 289 g/mol. The molecule has 0 atom stereocenters. The van der Waals surface area contributed by atoms with E-state index >= 15 is 0 Å². The molecule has 0 spiro atoms. The van der Waals surface area contributed by atoms with Crippen molar-refractivity contribution in [3.05, 3.63) is 57.8 Å². The fraction of sp³-hybridized carbons (Fsp3) is 0.200. The van der Waals surface area contributed by atoms with E-state index in [0.29, 0.717) is 11.4 Å². The molecule has 2 aromatic carbocycles. The summed E-state index contributed by atoms with van der Waals surface area (Å²) in [6, 6.07) is 9.88.